The highest BCUT2D eigenvalue weighted by Crippen LogP contribution is 2.26. The van der Waals surface area contributed by atoms with Crippen molar-refractivity contribution in [1.82, 2.24) is 5.32 Å². The van der Waals surface area contributed by atoms with Crippen LogP contribution in [-0.4, -0.2) is 42.4 Å². The van der Waals surface area contributed by atoms with E-state index in [1.165, 1.54) is 31.2 Å². The molecule has 2 aromatic carbocycles. The maximum atomic E-state index is 13.0. The Morgan fingerprint density at radius 3 is 2.61 bits per heavy atom. The maximum absolute atomic E-state index is 13.0. The Hall–Kier alpha value is -2.75. The Bertz CT molecular complexity index is 1020. The molecule has 7 nitrogen and oxygen atoms in total. The molecule has 2 aliphatic rings. The summed E-state index contributed by atoms with van der Waals surface area (Å²) in [6.07, 6.45) is 2.15. The molecule has 1 fully saturated rings. The summed E-state index contributed by atoms with van der Waals surface area (Å²) in [5, 5.41) is 12.7. The van der Waals surface area contributed by atoms with E-state index in [4.69, 9.17) is 14.0 Å². The van der Waals surface area contributed by atoms with Gasteiger partial charge in [0, 0.05) is 11.7 Å². The van der Waals surface area contributed by atoms with Gasteiger partial charge in [0.15, 0.2) is 6.04 Å². The van der Waals surface area contributed by atoms with Crippen LogP contribution in [0, 0.1) is 12.7 Å². The maximum Gasteiger partial charge on any atom is 0.494 e. The summed E-state index contributed by atoms with van der Waals surface area (Å²) in [6.45, 7) is 3.54. The normalized spacial score (nSPS) is 17.2. The lowest BCUT2D eigenvalue weighted by molar-refractivity contribution is -0.150. The predicted octanol–water partition coefficient (Wildman–Crippen LogP) is 2.15. The van der Waals surface area contributed by atoms with Crippen LogP contribution in [0.25, 0.3) is 0 Å². The molecule has 0 spiro atoms. The van der Waals surface area contributed by atoms with Gasteiger partial charge in [-0.15, -0.1) is 0 Å². The van der Waals surface area contributed by atoms with Crippen molar-refractivity contribution in [2.75, 3.05) is 0 Å². The first-order valence-corrected chi connectivity index (χ1v) is 11.1. The lowest BCUT2D eigenvalue weighted by Gasteiger charge is -2.28. The van der Waals surface area contributed by atoms with Gasteiger partial charge in [0.2, 0.25) is 0 Å². The van der Waals surface area contributed by atoms with E-state index in [0.717, 1.165) is 35.9 Å². The average Bonchev–Trinajstić information content (AvgIpc) is 3.17. The van der Waals surface area contributed by atoms with Gasteiger partial charge in [0.1, 0.15) is 12.4 Å². The largest absolute Gasteiger partial charge is 0.494 e. The number of carbonyl (C=O) groups is 2. The van der Waals surface area contributed by atoms with E-state index >= 15 is 0 Å². The molecule has 0 radical (unpaired) electrons. The fourth-order valence-electron chi connectivity index (χ4n) is 3.94. The van der Waals surface area contributed by atoms with Crippen LogP contribution in [0.2, 0.25) is 0 Å². The Labute approximate surface area is 192 Å². The van der Waals surface area contributed by atoms with E-state index in [9.17, 15) is 19.1 Å². The van der Waals surface area contributed by atoms with E-state index in [1.807, 2.05) is 13.0 Å². The van der Waals surface area contributed by atoms with Crippen molar-refractivity contribution in [2.24, 2.45) is 0 Å². The van der Waals surface area contributed by atoms with Gasteiger partial charge in [-0.2, -0.15) is 0 Å². The second-order valence-corrected chi connectivity index (χ2v) is 8.57. The molecule has 1 amide bonds. The number of aliphatic hydroxyl groups excluding tert-OH is 1. The predicted molar refractivity (Wildman–Crippen MR) is 119 cm³/mol. The third-order valence-electron chi connectivity index (χ3n) is 6.16. The number of fused-ring (bicyclic) bond motifs is 1. The van der Waals surface area contributed by atoms with Crippen molar-refractivity contribution >= 4 is 24.5 Å². The Balaban J connectivity index is 1.44. The van der Waals surface area contributed by atoms with E-state index in [1.54, 1.807) is 6.07 Å². The fraction of sp³-hybridized carbons (Fsp3) is 0.417. The Morgan fingerprint density at radius 1 is 1.24 bits per heavy atom. The number of halogens is 1. The number of rotatable bonds is 8. The van der Waals surface area contributed by atoms with Crippen molar-refractivity contribution in [3.8, 4) is 0 Å². The molecule has 1 aliphatic heterocycles. The van der Waals surface area contributed by atoms with Gasteiger partial charge in [-0.1, -0.05) is 18.2 Å². The van der Waals surface area contributed by atoms with Crippen molar-refractivity contribution in [3.05, 3.63) is 64.5 Å². The number of esters is 1. The van der Waals surface area contributed by atoms with Crippen LogP contribution in [0.1, 0.15) is 53.2 Å². The molecule has 4 rings (SSSR count). The van der Waals surface area contributed by atoms with E-state index in [2.05, 4.69) is 5.32 Å². The molecule has 0 unspecified atom stereocenters. The number of aliphatic hydroxyl groups is 1. The first-order valence-electron chi connectivity index (χ1n) is 11.1. The summed E-state index contributed by atoms with van der Waals surface area (Å²) in [4.78, 5) is 25.6. The molecular weight excluding hydrogens is 428 g/mol. The Morgan fingerprint density at radius 2 is 1.97 bits per heavy atom. The summed E-state index contributed by atoms with van der Waals surface area (Å²) < 4.78 is 30.1. The van der Waals surface area contributed by atoms with Crippen molar-refractivity contribution < 1.29 is 33.1 Å². The smallest absolute Gasteiger partial charge is 0.459 e. The molecule has 0 aromatic heterocycles. The number of hydrogen-bond acceptors (Lipinski definition) is 6. The summed E-state index contributed by atoms with van der Waals surface area (Å²) in [5.41, 5.74) is 3.50. The van der Waals surface area contributed by atoms with Gasteiger partial charge in [-0.05, 0) is 73.5 Å². The number of ether oxygens (including phenoxy) is 1. The third-order valence-corrected chi connectivity index (χ3v) is 6.16. The molecule has 33 heavy (non-hydrogen) atoms. The summed E-state index contributed by atoms with van der Waals surface area (Å²) in [7, 11) is -0.508. The minimum atomic E-state index is -1.26. The first-order chi connectivity index (χ1) is 15.8. The zero-order chi connectivity index (χ0) is 23.5. The standard InChI is InChI=1S/C24H27BFNO6/c1-14-20(11-8-17-13-32-25(21(14)17)33-19-4-3-5-19)23(29)27-22(15(2)28)24(30)31-12-16-6-9-18(26)10-7-16/h6-11,15,19,22,28H,3-5,12-13H2,1-2H3,(H,27,29)/t15-,22+/m1/s1. The number of nitrogens with one attached hydrogen (secondary N) is 1. The van der Waals surface area contributed by atoms with Crippen molar-refractivity contribution in [1.29, 1.82) is 0 Å². The van der Waals surface area contributed by atoms with E-state index in [0.29, 0.717) is 17.7 Å². The first kappa shape index (κ1) is 23.4. The molecule has 174 valence electrons. The Kier molecular flexibility index (Phi) is 7.12. The molecule has 2 atom stereocenters. The van der Waals surface area contributed by atoms with Crippen molar-refractivity contribution in [2.45, 2.75) is 64.6 Å². The van der Waals surface area contributed by atoms with Crippen LogP contribution in [0.4, 0.5) is 4.39 Å². The van der Waals surface area contributed by atoms with Gasteiger partial charge in [-0.25, -0.2) is 9.18 Å². The molecule has 2 aromatic rings. The summed E-state index contributed by atoms with van der Waals surface area (Å²) >= 11 is 0. The number of carbonyl (C=O) groups excluding carboxylic acids is 2. The molecule has 9 heteroatoms. The second kappa shape index (κ2) is 10.0. The van der Waals surface area contributed by atoms with Crippen LogP contribution in [0.5, 0.6) is 0 Å². The third kappa shape index (κ3) is 5.26. The van der Waals surface area contributed by atoms with E-state index < -0.39 is 37.0 Å². The van der Waals surface area contributed by atoms with Gasteiger partial charge >= 0.3 is 13.1 Å². The number of hydrogen-bond donors (Lipinski definition) is 2. The van der Waals surface area contributed by atoms with Crippen LogP contribution in [-0.2, 0) is 32.1 Å². The summed E-state index contributed by atoms with van der Waals surface area (Å²) in [6, 6.07) is 7.77. The number of amides is 1. The van der Waals surface area contributed by atoms with Gasteiger partial charge < -0.3 is 24.5 Å². The van der Waals surface area contributed by atoms with Crippen LogP contribution < -0.4 is 10.8 Å². The molecule has 0 saturated heterocycles. The molecule has 1 aliphatic carbocycles. The number of benzene rings is 2. The second-order valence-electron chi connectivity index (χ2n) is 8.57. The lowest BCUT2D eigenvalue weighted by Crippen LogP contribution is -2.49. The van der Waals surface area contributed by atoms with Gasteiger partial charge in [-0.3, -0.25) is 4.79 Å². The van der Waals surface area contributed by atoms with Crippen LogP contribution in [0.15, 0.2) is 36.4 Å². The summed E-state index contributed by atoms with van der Waals surface area (Å²) in [5.74, 6) is -1.68. The average molecular weight is 455 g/mol. The highest BCUT2D eigenvalue weighted by molar-refractivity contribution is 6.63. The SMILES string of the molecule is Cc1c(C(=O)N[C@H](C(=O)OCc2ccc(F)cc2)[C@@H](C)O)ccc2c1B(OC1CCC1)OC2. The topological polar surface area (TPSA) is 94.1 Å². The van der Waals surface area contributed by atoms with Crippen LogP contribution >= 0.6 is 0 Å². The zero-order valence-electron chi connectivity index (χ0n) is 18.7. The monoisotopic (exact) mass is 455 g/mol. The lowest BCUT2D eigenvalue weighted by atomic mass is 9.73. The zero-order valence-corrected chi connectivity index (χ0v) is 18.7. The minimum absolute atomic E-state index is 0.104. The highest BCUT2D eigenvalue weighted by Gasteiger charge is 2.37. The fourth-order valence-corrected chi connectivity index (χ4v) is 3.94. The van der Waals surface area contributed by atoms with Gasteiger partial charge in [0.25, 0.3) is 5.91 Å². The minimum Gasteiger partial charge on any atom is -0.459 e. The molecule has 1 heterocycles. The molecule has 1 saturated carbocycles. The molecule has 0 bridgehead atoms. The quantitative estimate of drug-likeness (QED) is 0.468. The van der Waals surface area contributed by atoms with Crippen molar-refractivity contribution in [3.63, 3.8) is 0 Å². The highest BCUT2D eigenvalue weighted by atomic mass is 19.1. The molecular formula is C24H27BFNO6. The van der Waals surface area contributed by atoms with Crippen LogP contribution in [0.3, 0.4) is 0 Å². The van der Waals surface area contributed by atoms with Gasteiger partial charge in [0.05, 0.1) is 12.7 Å². The van der Waals surface area contributed by atoms with E-state index in [-0.39, 0.29) is 12.7 Å². The molecule has 2 N–H and O–H groups in total.